The average Bonchev–Trinajstić information content (AvgIpc) is 3.31. The summed E-state index contributed by atoms with van der Waals surface area (Å²) < 4.78 is 5.20. The van der Waals surface area contributed by atoms with E-state index in [9.17, 15) is 9.59 Å². The first-order valence-corrected chi connectivity index (χ1v) is 9.78. The molecule has 2 amide bonds. The second-order valence-corrected chi connectivity index (χ2v) is 8.26. The third-order valence-electron chi connectivity index (χ3n) is 7.12. The van der Waals surface area contributed by atoms with Crippen LogP contribution in [0.5, 0.6) is 0 Å². The van der Waals surface area contributed by atoms with E-state index in [2.05, 4.69) is 10.2 Å². The lowest BCUT2D eigenvalue weighted by atomic mass is 9.78. The van der Waals surface area contributed by atoms with E-state index in [0.717, 1.165) is 30.7 Å². The number of hydrogen-bond acceptors (Lipinski definition) is 3. The first-order chi connectivity index (χ1) is 11.7. The molecule has 3 aliphatic carbocycles. The van der Waals surface area contributed by atoms with Gasteiger partial charge in [0.15, 0.2) is 0 Å². The third-order valence-corrected chi connectivity index (χ3v) is 7.12. The standard InChI is InChI=1S/C19H30N2O3/c1-24-9-3-8-21(19(23)16-6-7-18(22)20-16)17-11-12-10-15(17)14-5-2-4-13(12)14/h12-17H,2-11H2,1H3,(H,20,22)/t12-,13+,14+,15+,16-,17-/m1/s1. The van der Waals surface area contributed by atoms with Crippen LogP contribution in [0.15, 0.2) is 0 Å². The Bertz CT molecular complexity index is 509. The molecule has 1 N–H and O–H groups in total. The highest BCUT2D eigenvalue weighted by atomic mass is 16.5. The van der Waals surface area contributed by atoms with Gasteiger partial charge in [-0.2, -0.15) is 0 Å². The average molecular weight is 334 g/mol. The summed E-state index contributed by atoms with van der Waals surface area (Å²) in [4.78, 5) is 26.8. The van der Waals surface area contributed by atoms with E-state index in [1.54, 1.807) is 7.11 Å². The molecule has 4 aliphatic rings. The number of ether oxygens (including phenoxy) is 1. The molecule has 0 aromatic heterocycles. The van der Waals surface area contributed by atoms with E-state index < -0.39 is 0 Å². The van der Waals surface area contributed by atoms with Crippen LogP contribution < -0.4 is 5.32 Å². The summed E-state index contributed by atoms with van der Waals surface area (Å²) in [5.41, 5.74) is 0. The van der Waals surface area contributed by atoms with Crippen LogP contribution in [0.4, 0.5) is 0 Å². The Balaban J connectivity index is 1.48. The fourth-order valence-electron chi connectivity index (χ4n) is 6.21. The molecule has 134 valence electrons. The third kappa shape index (κ3) is 2.75. The zero-order chi connectivity index (χ0) is 16.7. The zero-order valence-corrected chi connectivity index (χ0v) is 14.7. The molecular weight excluding hydrogens is 304 g/mol. The zero-order valence-electron chi connectivity index (χ0n) is 14.7. The molecule has 1 heterocycles. The van der Waals surface area contributed by atoms with Crippen LogP contribution in [0.3, 0.4) is 0 Å². The fourth-order valence-corrected chi connectivity index (χ4v) is 6.21. The Kier molecular flexibility index (Phi) is 4.54. The van der Waals surface area contributed by atoms with E-state index >= 15 is 0 Å². The summed E-state index contributed by atoms with van der Waals surface area (Å²) in [6, 6.07) is 0.106. The second-order valence-electron chi connectivity index (χ2n) is 8.26. The number of amides is 2. The smallest absolute Gasteiger partial charge is 0.245 e. The number of nitrogens with zero attached hydrogens (tertiary/aromatic N) is 1. The molecule has 3 saturated carbocycles. The molecule has 1 aliphatic heterocycles. The van der Waals surface area contributed by atoms with Gasteiger partial charge in [-0.1, -0.05) is 6.42 Å². The largest absolute Gasteiger partial charge is 0.385 e. The van der Waals surface area contributed by atoms with Crippen molar-refractivity contribution in [2.45, 2.75) is 63.5 Å². The van der Waals surface area contributed by atoms with Crippen LogP contribution in [0.25, 0.3) is 0 Å². The lowest BCUT2D eigenvalue weighted by molar-refractivity contribution is -0.138. The fraction of sp³-hybridized carbons (Fsp3) is 0.895. The number of methoxy groups -OCH3 is 1. The first kappa shape index (κ1) is 16.4. The lowest BCUT2D eigenvalue weighted by Crippen LogP contribution is -2.52. The summed E-state index contributed by atoms with van der Waals surface area (Å²) in [6.45, 7) is 1.46. The minimum Gasteiger partial charge on any atom is -0.385 e. The maximum Gasteiger partial charge on any atom is 0.245 e. The molecule has 0 unspecified atom stereocenters. The SMILES string of the molecule is COCCCN(C(=O)[C@H]1CCC(=O)N1)[C@@H]1C[C@H]2C[C@H]1[C@H]1CCC[C@@H]21. The predicted molar refractivity (Wildman–Crippen MR) is 90.2 cm³/mol. The van der Waals surface area contributed by atoms with Crippen molar-refractivity contribution in [2.24, 2.45) is 23.7 Å². The van der Waals surface area contributed by atoms with Crippen LogP contribution in [-0.4, -0.2) is 49.1 Å². The molecule has 0 radical (unpaired) electrons. The molecule has 24 heavy (non-hydrogen) atoms. The first-order valence-electron chi connectivity index (χ1n) is 9.78. The van der Waals surface area contributed by atoms with Crippen molar-refractivity contribution in [1.82, 2.24) is 10.2 Å². The van der Waals surface area contributed by atoms with Crippen LogP contribution in [0.1, 0.15) is 51.4 Å². The summed E-state index contributed by atoms with van der Waals surface area (Å²) in [6.07, 6.45) is 8.69. The molecule has 5 nitrogen and oxygen atoms in total. The van der Waals surface area contributed by atoms with Crippen molar-refractivity contribution < 1.29 is 14.3 Å². The van der Waals surface area contributed by atoms with Crippen LogP contribution >= 0.6 is 0 Å². The quantitative estimate of drug-likeness (QED) is 0.756. The van der Waals surface area contributed by atoms with Crippen LogP contribution in [0.2, 0.25) is 0 Å². The number of nitrogens with one attached hydrogen (secondary N) is 1. The van der Waals surface area contributed by atoms with Gasteiger partial charge in [0, 0.05) is 32.7 Å². The molecule has 0 aromatic rings. The van der Waals surface area contributed by atoms with Crippen molar-refractivity contribution >= 4 is 11.8 Å². The molecule has 4 fully saturated rings. The summed E-state index contributed by atoms with van der Waals surface area (Å²) in [7, 11) is 1.71. The molecule has 6 atom stereocenters. The van der Waals surface area contributed by atoms with E-state index in [1.807, 2.05) is 0 Å². The van der Waals surface area contributed by atoms with E-state index in [4.69, 9.17) is 4.74 Å². The van der Waals surface area contributed by atoms with Crippen molar-refractivity contribution in [3.8, 4) is 0 Å². The number of rotatable bonds is 6. The number of carbonyl (C=O) groups is 2. The molecular formula is C19H30N2O3. The molecule has 2 bridgehead atoms. The number of carbonyl (C=O) groups excluding carboxylic acids is 2. The Morgan fingerprint density at radius 1 is 1.21 bits per heavy atom. The summed E-state index contributed by atoms with van der Waals surface area (Å²) in [5.74, 6) is 3.51. The summed E-state index contributed by atoms with van der Waals surface area (Å²) in [5, 5.41) is 2.88. The van der Waals surface area contributed by atoms with Crippen LogP contribution in [0, 0.1) is 23.7 Å². The van der Waals surface area contributed by atoms with E-state index in [-0.39, 0.29) is 17.9 Å². The Morgan fingerprint density at radius 2 is 2.04 bits per heavy atom. The van der Waals surface area contributed by atoms with E-state index in [0.29, 0.717) is 31.4 Å². The van der Waals surface area contributed by atoms with Gasteiger partial charge in [0.2, 0.25) is 11.8 Å². The molecule has 0 spiro atoms. The topological polar surface area (TPSA) is 58.6 Å². The van der Waals surface area contributed by atoms with Gasteiger partial charge in [-0.05, 0) is 62.2 Å². The van der Waals surface area contributed by atoms with Crippen molar-refractivity contribution in [2.75, 3.05) is 20.3 Å². The highest BCUT2D eigenvalue weighted by Crippen LogP contribution is 2.59. The Hall–Kier alpha value is -1.10. The second kappa shape index (κ2) is 6.66. The summed E-state index contributed by atoms with van der Waals surface area (Å²) >= 11 is 0. The predicted octanol–water partition coefficient (Wildman–Crippen LogP) is 1.95. The van der Waals surface area contributed by atoms with Crippen LogP contribution in [-0.2, 0) is 14.3 Å². The highest BCUT2D eigenvalue weighted by molar-refractivity contribution is 5.91. The van der Waals surface area contributed by atoms with Gasteiger partial charge in [0.25, 0.3) is 0 Å². The lowest BCUT2D eigenvalue weighted by Gasteiger charge is -2.40. The van der Waals surface area contributed by atoms with Crippen molar-refractivity contribution in [1.29, 1.82) is 0 Å². The van der Waals surface area contributed by atoms with Gasteiger partial charge in [0.1, 0.15) is 6.04 Å². The van der Waals surface area contributed by atoms with Crippen molar-refractivity contribution in [3.05, 3.63) is 0 Å². The Labute approximate surface area is 144 Å². The minimum atomic E-state index is -0.293. The number of fused-ring (bicyclic) bond motifs is 5. The number of hydrogen-bond donors (Lipinski definition) is 1. The Morgan fingerprint density at radius 3 is 2.79 bits per heavy atom. The normalized spacial score (nSPS) is 40.0. The minimum absolute atomic E-state index is 0.0222. The van der Waals surface area contributed by atoms with E-state index in [1.165, 1.54) is 32.1 Å². The van der Waals surface area contributed by atoms with Gasteiger partial charge in [-0.3, -0.25) is 9.59 Å². The van der Waals surface area contributed by atoms with Gasteiger partial charge >= 0.3 is 0 Å². The molecule has 5 heteroatoms. The van der Waals surface area contributed by atoms with Gasteiger partial charge < -0.3 is 15.0 Å². The molecule has 4 rings (SSSR count). The highest BCUT2D eigenvalue weighted by Gasteiger charge is 2.56. The molecule has 1 saturated heterocycles. The van der Waals surface area contributed by atoms with Gasteiger partial charge in [-0.25, -0.2) is 0 Å². The molecule has 0 aromatic carbocycles. The van der Waals surface area contributed by atoms with Crippen molar-refractivity contribution in [3.63, 3.8) is 0 Å². The van der Waals surface area contributed by atoms with Gasteiger partial charge in [0.05, 0.1) is 0 Å². The van der Waals surface area contributed by atoms with Gasteiger partial charge in [-0.15, -0.1) is 0 Å². The maximum atomic E-state index is 13.1. The maximum absolute atomic E-state index is 13.1. The monoisotopic (exact) mass is 334 g/mol.